The Morgan fingerprint density at radius 3 is 1.55 bits per heavy atom. The molecule has 29 heavy (non-hydrogen) atoms. The first-order chi connectivity index (χ1) is 13.9. The number of ether oxygens (including phenoxy) is 5. The Hall–Kier alpha value is -1.56. The summed E-state index contributed by atoms with van der Waals surface area (Å²) >= 11 is 0. The third-order valence-electron chi connectivity index (χ3n) is 3.42. The number of hydrogen-bond acceptors (Lipinski definition) is 8. The highest BCUT2D eigenvalue weighted by Gasteiger charge is 2.13. The van der Waals surface area contributed by atoms with Crippen LogP contribution in [0.2, 0.25) is 19.6 Å². The largest absolute Gasteiger partial charge is 0.491 e. The number of rotatable bonds is 18. The van der Waals surface area contributed by atoms with Gasteiger partial charge in [-0.2, -0.15) is 0 Å². The molecule has 0 heterocycles. The van der Waals surface area contributed by atoms with E-state index in [-0.39, 0.29) is 5.69 Å². The Balaban J connectivity index is 1.80. The van der Waals surface area contributed by atoms with Gasteiger partial charge in [-0.05, 0) is 31.8 Å². The minimum atomic E-state index is -1.45. The summed E-state index contributed by atoms with van der Waals surface area (Å²) in [5.41, 5.74) is 0.0364. The molecule has 1 aromatic carbocycles. The molecule has 166 valence electrons. The number of nitrogens with zero attached hydrogens (tertiary/aromatic N) is 1. The number of hydrogen-bond donors (Lipinski definition) is 0. The molecule has 0 aliphatic heterocycles. The molecule has 0 bridgehead atoms. The van der Waals surface area contributed by atoms with Crippen molar-refractivity contribution in [3.63, 3.8) is 0 Å². The second kappa shape index (κ2) is 15.3. The van der Waals surface area contributed by atoms with Crippen LogP contribution in [0.1, 0.15) is 0 Å². The van der Waals surface area contributed by atoms with E-state index in [4.69, 9.17) is 28.1 Å². The molecule has 0 aromatic heterocycles. The molecule has 0 aliphatic rings. The van der Waals surface area contributed by atoms with Crippen molar-refractivity contribution < 1.29 is 33.0 Å². The summed E-state index contributed by atoms with van der Waals surface area (Å²) in [6, 6.07) is 5.93. The fourth-order valence-electron chi connectivity index (χ4n) is 2.05. The average Bonchev–Trinajstić information content (AvgIpc) is 2.67. The fraction of sp³-hybridized carbons (Fsp3) is 0.684. The first-order valence-electron chi connectivity index (χ1n) is 9.71. The maximum Gasteiger partial charge on any atom is 0.269 e. The lowest BCUT2D eigenvalue weighted by atomic mass is 10.3. The van der Waals surface area contributed by atoms with Crippen molar-refractivity contribution in [2.75, 3.05) is 66.1 Å². The van der Waals surface area contributed by atoms with E-state index < -0.39 is 13.2 Å². The fourth-order valence-corrected chi connectivity index (χ4v) is 2.75. The maximum absolute atomic E-state index is 10.6. The Labute approximate surface area is 173 Å². The van der Waals surface area contributed by atoms with Gasteiger partial charge in [0.1, 0.15) is 12.4 Å². The van der Waals surface area contributed by atoms with Gasteiger partial charge in [0.2, 0.25) is 0 Å². The van der Waals surface area contributed by atoms with Crippen LogP contribution in [-0.2, 0) is 23.4 Å². The van der Waals surface area contributed by atoms with E-state index in [2.05, 4.69) is 19.6 Å². The van der Waals surface area contributed by atoms with Crippen LogP contribution < -0.4 is 4.74 Å². The third kappa shape index (κ3) is 15.0. The predicted molar refractivity (Wildman–Crippen MR) is 111 cm³/mol. The zero-order chi connectivity index (χ0) is 21.4. The summed E-state index contributed by atoms with van der Waals surface area (Å²) < 4.78 is 32.8. The van der Waals surface area contributed by atoms with Crippen molar-refractivity contribution in [2.45, 2.75) is 19.6 Å². The van der Waals surface area contributed by atoms with Gasteiger partial charge in [-0.25, -0.2) is 0 Å². The number of nitro benzene ring substituents is 1. The minimum Gasteiger partial charge on any atom is -0.491 e. The van der Waals surface area contributed by atoms with Crippen molar-refractivity contribution in [3.8, 4) is 5.75 Å². The number of nitro groups is 1. The van der Waals surface area contributed by atoms with Crippen LogP contribution in [-0.4, -0.2) is 79.3 Å². The summed E-state index contributed by atoms with van der Waals surface area (Å²) in [5.74, 6) is 0.570. The lowest BCUT2D eigenvalue weighted by Gasteiger charge is -2.16. The standard InChI is InChI=1S/C19H33NO8Si/c1-29(2,3)28-17-15-26-13-11-24-9-8-23-10-12-25-14-16-27-19-6-4-18(5-7-19)20(21)22/h4-7H,8-17H2,1-3H3. The Kier molecular flexibility index (Phi) is 13.4. The summed E-state index contributed by atoms with van der Waals surface area (Å²) in [7, 11) is -1.45. The third-order valence-corrected chi connectivity index (χ3v) is 4.49. The molecule has 0 fully saturated rings. The molecule has 0 saturated carbocycles. The van der Waals surface area contributed by atoms with Gasteiger partial charge in [-0.1, -0.05) is 0 Å². The van der Waals surface area contributed by atoms with Gasteiger partial charge in [0.05, 0.1) is 64.4 Å². The van der Waals surface area contributed by atoms with E-state index >= 15 is 0 Å². The van der Waals surface area contributed by atoms with Gasteiger partial charge in [-0.3, -0.25) is 10.1 Å². The van der Waals surface area contributed by atoms with E-state index in [1.807, 2.05) is 0 Å². The van der Waals surface area contributed by atoms with Crippen molar-refractivity contribution >= 4 is 14.0 Å². The van der Waals surface area contributed by atoms with E-state index in [1.165, 1.54) is 12.1 Å². The van der Waals surface area contributed by atoms with Crippen molar-refractivity contribution in [1.29, 1.82) is 0 Å². The molecular weight excluding hydrogens is 398 g/mol. The van der Waals surface area contributed by atoms with E-state index in [1.54, 1.807) is 12.1 Å². The van der Waals surface area contributed by atoms with Crippen LogP contribution in [0.15, 0.2) is 24.3 Å². The van der Waals surface area contributed by atoms with Gasteiger partial charge >= 0.3 is 0 Å². The molecule has 0 spiro atoms. The van der Waals surface area contributed by atoms with Crippen LogP contribution >= 0.6 is 0 Å². The highest BCUT2D eigenvalue weighted by atomic mass is 28.4. The lowest BCUT2D eigenvalue weighted by Crippen LogP contribution is -2.27. The zero-order valence-corrected chi connectivity index (χ0v) is 18.6. The lowest BCUT2D eigenvalue weighted by molar-refractivity contribution is -0.384. The molecule has 0 atom stereocenters. The first kappa shape index (κ1) is 25.5. The molecule has 1 aromatic rings. The van der Waals surface area contributed by atoms with E-state index in [9.17, 15) is 10.1 Å². The number of benzene rings is 1. The van der Waals surface area contributed by atoms with Crippen molar-refractivity contribution in [1.82, 2.24) is 0 Å². The summed E-state index contributed by atoms with van der Waals surface area (Å²) in [6.45, 7) is 11.5. The monoisotopic (exact) mass is 431 g/mol. The molecule has 0 unspecified atom stereocenters. The van der Waals surface area contributed by atoms with Gasteiger partial charge in [0.25, 0.3) is 5.69 Å². The van der Waals surface area contributed by atoms with Crippen LogP contribution in [0, 0.1) is 10.1 Å². The predicted octanol–water partition coefficient (Wildman–Crippen LogP) is 2.89. The quantitative estimate of drug-likeness (QED) is 0.151. The molecule has 0 saturated heterocycles. The molecule has 0 radical (unpaired) electrons. The molecular formula is C19H33NO8Si. The highest BCUT2D eigenvalue weighted by Crippen LogP contribution is 2.17. The maximum atomic E-state index is 10.6. The van der Waals surface area contributed by atoms with Gasteiger partial charge in [-0.15, -0.1) is 0 Å². The summed E-state index contributed by atoms with van der Waals surface area (Å²) in [6.07, 6.45) is 0. The molecule has 0 aliphatic carbocycles. The van der Waals surface area contributed by atoms with E-state index in [0.29, 0.717) is 71.8 Å². The summed E-state index contributed by atoms with van der Waals surface area (Å²) in [5, 5.41) is 10.6. The molecule has 0 amide bonds. The smallest absolute Gasteiger partial charge is 0.269 e. The number of non-ortho nitro benzene ring substituents is 1. The van der Waals surface area contributed by atoms with Gasteiger partial charge < -0.3 is 28.1 Å². The second-order valence-corrected chi connectivity index (χ2v) is 11.5. The van der Waals surface area contributed by atoms with Crippen LogP contribution in [0.4, 0.5) is 5.69 Å². The molecule has 9 nitrogen and oxygen atoms in total. The topological polar surface area (TPSA) is 98.5 Å². The molecule has 1 rings (SSSR count). The SMILES string of the molecule is C[Si](C)(C)OCCOCCOCCOCCOCCOc1ccc([N+](=O)[O-])cc1. The summed E-state index contributed by atoms with van der Waals surface area (Å²) in [4.78, 5) is 10.1. The van der Waals surface area contributed by atoms with Gasteiger partial charge in [0, 0.05) is 12.1 Å². The Morgan fingerprint density at radius 1 is 0.724 bits per heavy atom. The zero-order valence-electron chi connectivity index (χ0n) is 17.6. The van der Waals surface area contributed by atoms with E-state index in [0.717, 1.165) is 0 Å². The average molecular weight is 432 g/mol. The molecule has 10 heteroatoms. The molecule has 0 N–H and O–H groups in total. The first-order valence-corrected chi connectivity index (χ1v) is 13.1. The van der Waals surface area contributed by atoms with Crippen LogP contribution in [0.5, 0.6) is 5.75 Å². The van der Waals surface area contributed by atoms with Crippen molar-refractivity contribution in [2.24, 2.45) is 0 Å². The van der Waals surface area contributed by atoms with Crippen molar-refractivity contribution in [3.05, 3.63) is 34.4 Å². The highest BCUT2D eigenvalue weighted by molar-refractivity contribution is 6.69. The minimum absolute atomic E-state index is 0.0364. The van der Waals surface area contributed by atoms with Crippen LogP contribution in [0.25, 0.3) is 0 Å². The Bertz CT molecular complexity index is 550. The van der Waals surface area contributed by atoms with Gasteiger partial charge in [0.15, 0.2) is 8.32 Å². The van der Waals surface area contributed by atoms with Crippen LogP contribution in [0.3, 0.4) is 0 Å². The normalized spacial score (nSPS) is 11.6. The second-order valence-electron chi connectivity index (χ2n) is 7.01. The Morgan fingerprint density at radius 2 is 1.14 bits per heavy atom.